The van der Waals surface area contributed by atoms with Gasteiger partial charge in [-0.2, -0.15) is 5.10 Å². The molecule has 2 aromatic heterocycles. The molecule has 0 aromatic carbocycles. The Morgan fingerprint density at radius 1 is 1.53 bits per heavy atom. The lowest BCUT2D eigenvalue weighted by Gasteiger charge is -2.22. The topological polar surface area (TPSA) is 50.9 Å². The van der Waals surface area contributed by atoms with E-state index in [1.165, 1.54) is 0 Å². The Balaban J connectivity index is 2.23. The fraction of sp³-hybridized carbons (Fsp3) is 0.500. The summed E-state index contributed by atoms with van der Waals surface area (Å²) >= 11 is 1.56. The predicted molar refractivity (Wildman–Crippen MR) is 68.0 cm³/mol. The second-order valence-electron chi connectivity index (χ2n) is 4.64. The van der Waals surface area contributed by atoms with Crippen LogP contribution in [0.4, 0.5) is 0 Å². The SMILES string of the molecule is CC(C)n1ncnc1CC(C)(O)c1cccs1. The minimum atomic E-state index is -0.881. The molecule has 1 atom stereocenters. The molecule has 0 radical (unpaired) electrons. The van der Waals surface area contributed by atoms with Gasteiger partial charge in [-0.3, -0.25) is 0 Å². The third kappa shape index (κ3) is 2.56. The van der Waals surface area contributed by atoms with E-state index in [-0.39, 0.29) is 6.04 Å². The highest BCUT2D eigenvalue weighted by Gasteiger charge is 2.27. The molecule has 0 saturated carbocycles. The molecular weight excluding hydrogens is 234 g/mol. The van der Waals surface area contributed by atoms with Crippen molar-refractivity contribution in [2.75, 3.05) is 0 Å². The predicted octanol–water partition coefficient (Wildman–Crippen LogP) is 2.37. The van der Waals surface area contributed by atoms with Crippen molar-refractivity contribution in [1.82, 2.24) is 14.8 Å². The fourth-order valence-electron chi connectivity index (χ4n) is 1.81. The summed E-state index contributed by atoms with van der Waals surface area (Å²) in [6.07, 6.45) is 2.02. The number of hydrogen-bond acceptors (Lipinski definition) is 4. The lowest BCUT2D eigenvalue weighted by atomic mass is 10.00. The largest absolute Gasteiger partial charge is 0.384 e. The smallest absolute Gasteiger partial charge is 0.138 e. The molecule has 0 spiro atoms. The lowest BCUT2D eigenvalue weighted by Crippen LogP contribution is -2.25. The molecule has 5 heteroatoms. The van der Waals surface area contributed by atoms with Gasteiger partial charge in [-0.1, -0.05) is 6.07 Å². The van der Waals surface area contributed by atoms with Gasteiger partial charge in [0.15, 0.2) is 0 Å². The van der Waals surface area contributed by atoms with Crippen molar-refractivity contribution in [2.45, 2.75) is 38.8 Å². The zero-order valence-corrected chi connectivity index (χ0v) is 11.1. The lowest BCUT2D eigenvalue weighted by molar-refractivity contribution is 0.0578. The number of nitrogens with zero attached hydrogens (tertiary/aromatic N) is 3. The van der Waals surface area contributed by atoms with E-state index >= 15 is 0 Å². The monoisotopic (exact) mass is 251 g/mol. The van der Waals surface area contributed by atoms with Gasteiger partial charge in [0.2, 0.25) is 0 Å². The van der Waals surface area contributed by atoms with Gasteiger partial charge in [0.25, 0.3) is 0 Å². The number of hydrogen-bond donors (Lipinski definition) is 1. The first kappa shape index (κ1) is 12.3. The van der Waals surface area contributed by atoms with Gasteiger partial charge in [-0.05, 0) is 32.2 Å². The highest BCUT2D eigenvalue weighted by molar-refractivity contribution is 7.10. The Labute approximate surface area is 105 Å². The van der Waals surface area contributed by atoms with E-state index in [1.54, 1.807) is 17.7 Å². The van der Waals surface area contributed by atoms with Gasteiger partial charge < -0.3 is 5.11 Å². The molecular formula is C12H17N3OS. The van der Waals surface area contributed by atoms with Crippen LogP contribution in [-0.4, -0.2) is 19.9 Å². The normalized spacial score (nSPS) is 15.1. The van der Waals surface area contributed by atoms with Crippen LogP contribution in [-0.2, 0) is 12.0 Å². The van der Waals surface area contributed by atoms with Crippen LogP contribution in [0.2, 0.25) is 0 Å². The molecule has 0 fully saturated rings. The summed E-state index contributed by atoms with van der Waals surface area (Å²) in [7, 11) is 0. The second kappa shape index (κ2) is 4.58. The maximum absolute atomic E-state index is 10.5. The summed E-state index contributed by atoms with van der Waals surface area (Å²) in [5.74, 6) is 0.818. The van der Waals surface area contributed by atoms with Crippen LogP contribution in [0.15, 0.2) is 23.8 Å². The third-order valence-corrected chi connectivity index (χ3v) is 3.81. The zero-order chi connectivity index (χ0) is 12.5. The third-order valence-electron chi connectivity index (χ3n) is 2.69. The summed E-state index contributed by atoms with van der Waals surface area (Å²) in [6.45, 7) is 5.92. The van der Waals surface area contributed by atoms with E-state index in [1.807, 2.05) is 29.1 Å². The molecule has 0 aliphatic heterocycles. The van der Waals surface area contributed by atoms with Crippen LogP contribution in [0, 0.1) is 0 Å². The molecule has 2 heterocycles. The Bertz CT molecular complexity index is 474. The van der Waals surface area contributed by atoms with Crippen molar-refractivity contribution in [1.29, 1.82) is 0 Å². The molecule has 2 rings (SSSR count). The minimum absolute atomic E-state index is 0.256. The van der Waals surface area contributed by atoms with Gasteiger partial charge in [0.1, 0.15) is 17.8 Å². The van der Waals surface area contributed by atoms with Crippen molar-refractivity contribution in [3.8, 4) is 0 Å². The van der Waals surface area contributed by atoms with Crippen molar-refractivity contribution in [2.24, 2.45) is 0 Å². The molecule has 0 bridgehead atoms. The van der Waals surface area contributed by atoms with E-state index in [4.69, 9.17) is 0 Å². The molecule has 0 aliphatic rings. The van der Waals surface area contributed by atoms with Crippen molar-refractivity contribution in [3.63, 3.8) is 0 Å². The maximum Gasteiger partial charge on any atom is 0.138 e. The van der Waals surface area contributed by atoms with E-state index in [0.717, 1.165) is 10.7 Å². The quantitative estimate of drug-likeness (QED) is 0.907. The van der Waals surface area contributed by atoms with Crippen LogP contribution in [0.25, 0.3) is 0 Å². The molecule has 0 saturated heterocycles. The Hall–Kier alpha value is -1.20. The first-order valence-electron chi connectivity index (χ1n) is 5.65. The molecule has 17 heavy (non-hydrogen) atoms. The van der Waals surface area contributed by atoms with Crippen molar-refractivity contribution < 1.29 is 5.11 Å². The average Bonchev–Trinajstić information content (AvgIpc) is 2.85. The zero-order valence-electron chi connectivity index (χ0n) is 10.3. The molecule has 4 nitrogen and oxygen atoms in total. The molecule has 1 unspecified atom stereocenters. The summed E-state index contributed by atoms with van der Waals surface area (Å²) in [5, 5.41) is 16.6. The highest BCUT2D eigenvalue weighted by atomic mass is 32.1. The molecule has 1 N–H and O–H groups in total. The van der Waals surface area contributed by atoms with E-state index in [2.05, 4.69) is 23.9 Å². The standard InChI is InChI=1S/C12H17N3OS/c1-9(2)15-11(13-8-14-15)7-12(3,16)10-5-4-6-17-10/h4-6,8-9,16H,7H2,1-3H3. The number of thiophene rings is 1. The van der Waals surface area contributed by atoms with Crippen molar-refractivity contribution >= 4 is 11.3 Å². The molecule has 0 aliphatic carbocycles. The van der Waals surface area contributed by atoms with E-state index < -0.39 is 5.60 Å². The summed E-state index contributed by atoms with van der Waals surface area (Å²) in [6, 6.07) is 4.15. The number of aliphatic hydroxyl groups is 1. The van der Waals surface area contributed by atoms with Crippen LogP contribution >= 0.6 is 11.3 Å². The van der Waals surface area contributed by atoms with Crippen LogP contribution in [0.1, 0.15) is 37.5 Å². The molecule has 0 amide bonds. The summed E-state index contributed by atoms with van der Waals surface area (Å²) in [5.41, 5.74) is -0.881. The summed E-state index contributed by atoms with van der Waals surface area (Å²) in [4.78, 5) is 5.18. The maximum atomic E-state index is 10.5. The Morgan fingerprint density at radius 3 is 2.88 bits per heavy atom. The van der Waals surface area contributed by atoms with Gasteiger partial charge in [0.05, 0.1) is 0 Å². The first-order valence-corrected chi connectivity index (χ1v) is 6.53. The minimum Gasteiger partial charge on any atom is -0.384 e. The average molecular weight is 251 g/mol. The van der Waals surface area contributed by atoms with Gasteiger partial charge >= 0.3 is 0 Å². The Morgan fingerprint density at radius 2 is 2.29 bits per heavy atom. The van der Waals surface area contributed by atoms with E-state index in [0.29, 0.717) is 6.42 Å². The number of aromatic nitrogens is 3. The summed E-state index contributed by atoms with van der Waals surface area (Å²) < 4.78 is 1.85. The molecule has 2 aromatic rings. The fourth-order valence-corrected chi connectivity index (χ4v) is 2.60. The second-order valence-corrected chi connectivity index (χ2v) is 5.59. The first-order chi connectivity index (χ1) is 8.00. The van der Waals surface area contributed by atoms with Crippen LogP contribution in [0.3, 0.4) is 0 Å². The molecule has 92 valence electrons. The van der Waals surface area contributed by atoms with Crippen molar-refractivity contribution in [3.05, 3.63) is 34.5 Å². The van der Waals surface area contributed by atoms with Gasteiger partial charge in [0, 0.05) is 17.3 Å². The van der Waals surface area contributed by atoms with E-state index in [9.17, 15) is 5.11 Å². The van der Waals surface area contributed by atoms with Crippen LogP contribution < -0.4 is 0 Å². The van der Waals surface area contributed by atoms with Gasteiger partial charge in [-0.15, -0.1) is 11.3 Å². The van der Waals surface area contributed by atoms with Gasteiger partial charge in [-0.25, -0.2) is 9.67 Å². The Kier molecular flexibility index (Phi) is 3.31. The highest BCUT2D eigenvalue weighted by Crippen LogP contribution is 2.28. The van der Waals surface area contributed by atoms with Crippen LogP contribution in [0.5, 0.6) is 0 Å². The number of rotatable bonds is 4.